The number of amides is 1. The Morgan fingerprint density at radius 3 is 2.27 bits per heavy atom. The molecule has 334 valence electrons. The summed E-state index contributed by atoms with van der Waals surface area (Å²) >= 11 is 0. The van der Waals surface area contributed by atoms with Gasteiger partial charge in [-0.25, -0.2) is 4.79 Å². The zero-order valence-electron chi connectivity index (χ0n) is 38.9. The van der Waals surface area contributed by atoms with Crippen molar-refractivity contribution in [2.45, 2.75) is 150 Å². The molecule has 0 aromatic heterocycles. The molecule has 6 nitrogen and oxygen atoms in total. The number of Topliss-reactive ketones (excluding diaryl/α,β-unsaturated/α-hetero) is 1. The van der Waals surface area contributed by atoms with Crippen LogP contribution in [0.15, 0.2) is 78.4 Å². The van der Waals surface area contributed by atoms with Crippen molar-refractivity contribution in [2.24, 2.45) is 74.4 Å². The highest BCUT2D eigenvalue weighted by Crippen LogP contribution is 2.78. The van der Waals surface area contributed by atoms with Gasteiger partial charge in [0.1, 0.15) is 6.10 Å². The number of allylic oxidation sites excluding steroid dienone is 4. The molecule has 10 aliphatic rings. The van der Waals surface area contributed by atoms with E-state index in [0.29, 0.717) is 54.5 Å². The van der Waals surface area contributed by atoms with Gasteiger partial charge in [-0.05, 0) is 146 Å². The summed E-state index contributed by atoms with van der Waals surface area (Å²) in [5.74, 6) is 3.30. The lowest BCUT2D eigenvalue weighted by Crippen LogP contribution is -2.67. The van der Waals surface area contributed by atoms with Crippen LogP contribution in [0.5, 0.6) is 0 Å². The Balaban J connectivity index is 1.03. The molecule has 1 amide bonds. The Morgan fingerprint density at radius 2 is 1.53 bits per heavy atom. The van der Waals surface area contributed by atoms with Gasteiger partial charge in [-0.3, -0.25) is 4.79 Å². The number of ether oxygens (including phenoxy) is 1. The van der Waals surface area contributed by atoms with Gasteiger partial charge in [0.05, 0.1) is 18.2 Å². The minimum absolute atomic E-state index is 0.000507. The third-order valence-electron chi connectivity index (χ3n) is 20.6. The smallest absolute Gasteiger partial charge is 0.410 e. The summed E-state index contributed by atoms with van der Waals surface area (Å²) in [7, 11) is 0. The number of hydrogen-bond donors (Lipinski definition) is 2. The molecule has 2 aromatic carbocycles. The summed E-state index contributed by atoms with van der Waals surface area (Å²) in [5, 5.41) is 24.9. The first-order valence-electron chi connectivity index (χ1n) is 25.0. The van der Waals surface area contributed by atoms with Crippen molar-refractivity contribution in [1.82, 2.24) is 4.90 Å². The summed E-state index contributed by atoms with van der Waals surface area (Å²) < 4.78 is 6.71. The molecule has 0 aliphatic heterocycles. The van der Waals surface area contributed by atoms with Gasteiger partial charge >= 0.3 is 6.09 Å². The average Bonchev–Trinajstić information content (AvgIpc) is 3.52. The SMILES string of the molecule is CC(C)[C@H]1CC[C@H](C)C[C@@H]1OC(=O)N(C[C@@H]1CC[C@H]2C[C@@H]1C2(C)C)C[C@]1(O)CC[C@H]2[C@]34C=C[C@@]5(C=C3C(=O)c3ccccc3-c3ccccc3)CC(O)CC[C@]5(C)[C@H]4CC[C@@]21C. The average molecular weight is 842 g/mol. The second-order valence-corrected chi connectivity index (χ2v) is 23.9. The number of carbonyl (C=O) groups excluding carboxylic acids is 2. The van der Waals surface area contributed by atoms with Crippen molar-refractivity contribution < 1.29 is 24.5 Å². The van der Waals surface area contributed by atoms with Crippen molar-refractivity contribution in [3.8, 4) is 11.1 Å². The summed E-state index contributed by atoms with van der Waals surface area (Å²) in [4.78, 5) is 32.7. The second kappa shape index (κ2) is 14.9. The normalized spacial score (nSPS) is 43.5. The highest BCUT2D eigenvalue weighted by molar-refractivity contribution is 6.14. The van der Waals surface area contributed by atoms with E-state index < -0.39 is 27.9 Å². The number of aliphatic hydroxyl groups is 2. The van der Waals surface area contributed by atoms with Crippen molar-refractivity contribution in [2.75, 3.05) is 13.1 Å². The van der Waals surface area contributed by atoms with E-state index in [1.807, 2.05) is 41.3 Å². The highest BCUT2D eigenvalue weighted by Gasteiger charge is 2.75. The molecule has 14 atom stereocenters. The summed E-state index contributed by atoms with van der Waals surface area (Å²) in [6.45, 7) is 17.4. The van der Waals surface area contributed by atoms with Crippen LogP contribution in [0, 0.1) is 74.4 Å². The molecule has 6 heteroatoms. The fourth-order valence-electron chi connectivity index (χ4n) is 16.7. The second-order valence-electron chi connectivity index (χ2n) is 23.9. The van der Waals surface area contributed by atoms with Crippen LogP contribution in [0.4, 0.5) is 4.79 Å². The van der Waals surface area contributed by atoms with Gasteiger partial charge in [0, 0.05) is 33.9 Å². The lowest BCUT2D eigenvalue weighted by atomic mass is 9.32. The fourth-order valence-corrected chi connectivity index (χ4v) is 16.7. The van der Waals surface area contributed by atoms with E-state index in [9.17, 15) is 15.0 Å². The molecule has 12 rings (SSSR count). The Morgan fingerprint density at radius 1 is 0.823 bits per heavy atom. The molecule has 0 heterocycles. The molecule has 10 aliphatic carbocycles. The first-order chi connectivity index (χ1) is 29.5. The molecule has 4 bridgehead atoms. The van der Waals surface area contributed by atoms with Gasteiger partial charge in [-0.2, -0.15) is 0 Å². The molecular formula is C56H75NO5. The minimum atomic E-state index is -1.15. The maximum Gasteiger partial charge on any atom is 0.410 e. The molecule has 1 unspecified atom stereocenters. The third-order valence-corrected chi connectivity index (χ3v) is 20.6. The quantitative estimate of drug-likeness (QED) is 0.194. The Kier molecular flexibility index (Phi) is 10.3. The van der Waals surface area contributed by atoms with Crippen molar-refractivity contribution in [3.05, 3.63) is 84.0 Å². The number of aliphatic hydroxyl groups excluding tert-OH is 1. The number of benzene rings is 2. The molecular weight excluding hydrogens is 767 g/mol. The molecule has 7 saturated carbocycles. The Hall–Kier alpha value is -3.22. The van der Waals surface area contributed by atoms with Gasteiger partial charge in [-0.15, -0.1) is 0 Å². The Labute approximate surface area is 372 Å². The lowest BCUT2D eigenvalue weighted by Gasteiger charge is -2.71. The minimum Gasteiger partial charge on any atom is -0.446 e. The zero-order chi connectivity index (χ0) is 43.6. The number of hydrogen-bond acceptors (Lipinski definition) is 5. The first kappa shape index (κ1) is 42.7. The van der Waals surface area contributed by atoms with Gasteiger partial charge in [0.15, 0.2) is 5.78 Å². The maximum absolute atomic E-state index is 15.7. The summed E-state index contributed by atoms with van der Waals surface area (Å²) in [6.07, 6.45) is 18.5. The van der Waals surface area contributed by atoms with Gasteiger partial charge in [0.2, 0.25) is 0 Å². The van der Waals surface area contributed by atoms with Gasteiger partial charge in [0.25, 0.3) is 0 Å². The number of fused-ring (bicyclic) bond motifs is 3. The number of nitrogens with zero attached hydrogens (tertiary/aromatic N) is 1. The number of ketones is 1. The van der Waals surface area contributed by atoms with Crippen LogP contribution in [-0.2, 0) is 4.74 Å². The highest BCUT2D eigenvalue weighted by atomic mass is 16.6. The molecule has 2 spiro atoms. The van der Waals surface area contributed by atoms with E-state index >= 15 is 4.79 Å². The van der Waals surface area contributed by atoms with Crippen LogP contribution >= 0.6 is 0 Å². The van der Waals surface area contributed by atoms with Crippen LogP contribution in [-0.4, -0.2) is 57.9 Å². The molecule has 0 radical (unpaired) electrons. The fraction of sp³-hybridized carbons (Fsp3) is 0.679. The van der Waals surface area contributed by atoms with E-state index in [2.05, 4.69) is 84.9 Å². The van der Waals surface area contributed by atoms with Crippen LogP contribution in [0.2, 0.25) is 0 Å². The van der Waals surface area contributed by atoms with Crippen molar-refractivity contribution in [3.63, 3.8) is 0 Å². The Bertz CT molecular complexity index is 2140. The van der Waals surface area contributed by atoms with Gasteiger partial charge < -0.3 is 19.8 Å². The molecule has 2 N–H and O–H groups in total. The van der Waals surface area contributed by atoms with E-state index in [0.717, 1.165) is 74.0 Å². The molecule has 0 saturated heterocycles. The number of rotatable bonds is 9. The van der Waals surface area contributed by atoms with Crippen LogP contribution < -0.4 is 0 Å². The van der Waals surface area contributed by atoms with Crippen LogP contribution in [0.1, 0.15) is 142 Å². The monoisotopic (exact) mass is 842 g/mol. The molecule has 62 heavy (non-hydrogen) atoms. The van der Waals surface area contributed by atoms with Gasteiger partial charge in [-0.1, -0.05) is 128 Å². The number of carbonyl (C=O) groups is 2. The van der Waals surface area contributed by atoms with Crippen molar-refractivity contribution in [1.29, 1.82) is 0 Å². The van der Waals surface area contributed by atoms with E-state index in [-0.39, 0.29) is 47.2 Å². The van der Waals surface area contributed by atoms with E-state index in [1.165, 1.54) is 19.3 Å². The summed E-state index contributed by atoms with van der Waals surface area (Å²) in [5.41, 5.74) is 0.996. The summed E-state index contributed by atoms with van der Waals surface area (Å²) in [6, 6.07) is 18.3. The topological polar surface area (TPSA) is 87.1 Å². The zero-order valence-corrected chi connectivity index (χ0v) is 38.9. The maximum atomic E-state index is 15.7. The van der Waals surface area contributed by atoms with E-state index in [1.54, 1.807) is 0 Å². The van der Waals surface area contributed by atoms with Crippen LogP contribution in [0.3, 0.4) is 0 Å². The molecule has 2 aromatic rings. The predicted molar refractivity (Wildman–Crippen MR) is 246 cm³/mol. The van der Waals surface area contributed by atoms with E-state index in [4.69, 9.17) is 4.74 Å². The lowest BCUT2D eigenvalue weighted by molar-refractivity contribution is -0.177. The predicted octanol–water partition coefficient (Wildman–Crippen LogP) is 12.1. The van der Waals surface area contributed by atoms with Crippen LogP contribution in [0.25, 0.3) is 11.1 Å². The van der Waals surface area contributed by atoms with Crippen molar-refractivity contribution >= 4 is 11.9 Å². The standard InChI is InChI=1S/C56H75NO5/c1-35(2)41-20-17-36(3)29-46(41)62-50(60)57(33-38-18-19-39-30-44(38)51(39,4)5)34-55(61)26-23-48-53(55,7)25-22-47-52(6)24-21-40(58)31-54(52)27-28-56(47,48)45(32-54)49(59)43-16-12-11-15-42(43)37-13-9-8-10-14-37/h8-16,27-28,32,35-36,38-41,44,46-48,58,61H,17-26,29-31,33-34H2,1-7H3/t36-,38-,39-,40?,41+,44-,46-,47+,48+,52+,53-,54-,55+,56+/m0/s1. The third kappa shape index (κ3) is 6.13. The molecule has 7 fully saturated rings. The first-order valence-corrected chi connectivity index (χ1v) is 25.0. The largest absolute Gasteiger partial charge is 0.446 e.